The first-order valence-corrected chi connectivity index (χ1v) is 6.26. The summed E-state index contributed by atoms with van der Waals surface area (Å²) in [6, 6.07) is 11.8. The fourth-order valence-electron chi connectivity index (χ4n) is 1.89. The lowest BCUT2D eigenvalue weighted by molar-refractivity contribution is -0.385. The lowest BCUT2D eigenvalue weighted by Gasteiger charge is -2.09. The maximum Gasteiger partial charge on any atom is 0.339 e. The molecule has 7 heteroatoms. The number of amides is 1. The summed E-state index contributed by atoms with van der Waals surface area (Å²) in [5, 5.41) is 13.4. The van der Waals surface area contributed by atoms with Gasteiger partial charge >= 0.3 is 5.97 Å². The molecule has 0 heterocycles. The third-order valence-corrected chi connectivity index (χ3v) is 2.93. The fourth-order valence-corrected chi connectivity index (χ4v) is 1.89. The maximum atomic E-state index is 12.2. The van der Waals surface area contributed by atoms with Crippen molar-refractivity contribution < 1.29 is 19.2 Å². The first-order valence-electron chi connectivity index (χ1n) is 6.26. The number of carbonyl (C=O) groups excluding carboxylic acids is 2. The minimum Gasteiger partial charge on any atom is -0.465 e. The molecule has 0 unspecified atom stereocenters. The van der Waals surface area contributed by atoms with Crippen LogP contribution in [0.1, 0.15) is 20.7 Å². The van der Waals surface area contributed by atoms with Crippen LogP contribution in [0, 0.1) is 10.1 Å². The predicted molar refractivity (Wildman–Crippen MR) is 78.8 cm³/mol. The molecule has 0 bridgehead atoms. The van der Waals surface area contributed by atoms with Gasteiger partial charge in [0.2, 0.25) is 0 Å². The summed E-state index contributed by atoms with van der Waals surface area (Å²) in [6.07, 6.45) is 0. The number of ether oxygens (including phenoxy) is 1. The monoisotopic (exact) mass is 300 g/mol. The van der Waals surface area contributed by atoms with Crippen molar-refractivity contribution in [1.82, 2.24) is 0 Å². The van der Waals surface area contributed by atoms with Crippen LogP contribution in [0.25, 0.3) is 0 Å². The van der Waals surface area contributed by atoms with Gasteiger partial charge in [0.25, 0.3) is 11.6 Å². The van der Waals surface area contributed by atoms with E-state index in [2.05, 4.69) is 10.1 Å². The highest BCUT2D eigenvalue weighted by Crippen LogP contribution is 2.21. The Labute approximate surface area is 125 Å². The fraction of sp³-hybridized carbons (Fsp3) is 0.0667. The van der Waals surface area contributed by atoms with Gasteiger partial charge in [0, 0.05) is 6.07 Å². The third kappa shape index (κ3) is 3.09. The number of nitrogens with zero attached hydrogens (tertiary/aromatic N) is 1. The number of hydrogen-bond acceptors (Lipinski definition) is 5. The lowest BCUT2D eigenvalue weighted by Crippen LogP contribution is -2.16. The zero-order valence-corrected chi connectivity index (χ0v) is 11.6. The molecule has 1 amide bonds. The molecule has 2 aromatic rings. The van der Waals surface area contributed by atoms with E-state index in [1.807, 2.05) is 0 Å². The van der Waals surface area contributed by atoms with E-state index < -0.39 is 16.8 Å². The van der Waals surface area contributed by atoms with E-state index in [0.29, 0.717) is 0 Å². The second kappa shape index (κ2) is 6.49. The summed E-state index contributed by atoms with van der Waals surface area (Å²) >= 11 is 0. The molecule has 0 aliphatic heterocycles. The number of rotatable bonds is 4. The van der Waals surface area contributed by atoms with Crippen molar-refractivity contribution in [2.24, 2.45) is 0 Å². The van der Waals surface area contributed by atoms with Crippen molar-refractivity contribution in [3.05, 3.63) is 69.8 Å². The summed E-state index contributed by atoms with van der Waals surface area (Å²) in [5.41, 5.74) is -0.0165. The van der Waals surface area contributed by atoms with E-state index in [-0.39, 0.29) is 22.5 Å². The third-order valence-electron chi connectivity index (χ3n) is 2.93. The number of benzene rings is 2. The van der Waals surface area contributed by atoms with Crippen LogP contribution in [-0.4, -0.2) is 23.9 Å². The Morgan fingerprint density at radius 2 is 1.64 bits per heavy atom. The normalized spacial score (nSPS) is 9.86. The molecule has 0 saturated heterocycles. The number of hydrogen-bond donors (Lipinski definition) is 1. The molecular weight excluding hydrogens is 288 g/mol. The van der Waals surface area contributed by atoms with Crippen LogP contribution in [0.4, 0.5) is 11.4 Å². The molecular formula is C15H12N2O5. The molecule has 0 spiro atoms. The average molecular weight is 300 g/mol. The summed E-state index contributed by atoms with van der Waals surface area (Å²) < 4.78 is 4.63. The topological polar surface area (TPSA) is 98.5 Å². The molecule has 1 N–H and O–H groups in total. The molecule has 0 radical (unpaired) electrons. The highest BCUT2D eigenvalue weighted by atomic mass is 16.6. The second-order valence-electron chi connectivity index (χ2n) is 4.27. The number of nitro benzene ring substituents is 1. The van der Waals surface area contributed by atoms with Gasteiger partial charge in [0.15, 0.2) is 0 Å². The van der Waals surface area contributed by atoms with E-state index in [0.717, 1.165) is 0 Å². The number of esters is 1. The van der Waals surface area contributed by atoms with Gasteiger partial charge in [0.05, 0.1) is 23.3 Å². The number of carbonyl (C=O) groups is 2. The van der Waals surface area contributed by atoms with Gasteiger partial charge in [-0.15, -0.1) is 0 Å². The molecule has 0 fully saturated rings. The van der Waals surface area contributed by atoms with Crippen LogP contribution >= 0.6 is 0 Å². The molecule has 0 saturated carbocycles. The van der Waals surface area contributed by atoms with Crippen molar-refractivity contribution in [2.75, 3.05) is 12.4 Å². The van der Waals surface area contributed by atoms with Crippen LogP contribution in [0.5, 0.6) is 0 Å². The average Bonchev–Trinajstić information content (AvgIpc) is 2.54. The molecule has 0 atom stereocenters. The van der Waals surface area contributed by atoms with Crippen LogP contribution in [0.15, 0.2) is 48.5 Å². The molecule has 7 nitrogen and oxygen atoms in total. The Balaban J connectivity index is 2.35. The van der Waals surface area contributed by atoms with E-state index in [1.165, 1.54) is 43.5 Å². The Morgan fingerprint density at radius 3 is 2.27 bits per heavy atom. The van der Waals surface area contributed by atoms with Crippen LogP contribution in [-0.2, 0) is 4.74 Å². The molecule has 2 aromatic carbocycles. The van der Waals surface area contributed by atoms with Crippen LogP contribution in [0.2, 0.25) is 0 Å². The minimum absolute atomic E-state index is 0.0906. The van der Waals surface area contributed by atoms with Gasteiger partial charge in [-0.2, -0.15) is 0 Å². The van der Waals surface area contributed by atoms with E-state index in [1.54, 1.807) is 12.1 Å². The standard InChI is InChI=1S/C15H12N2O5/c1-22-15(19)10-6-2-4-8-12(10)16-14(18)11-7-3-5-9-13(11)17(20)21/h2-9H,1H3,(H,16,18). The quantitative estimate of drug-likeness (QED) is 0.531. The van der Waals surface area contributed by atoms with Crippen molar-refractivity contribution in [2.45, 2.75) is 0 Å². The molecule has 22 heavy (non-hydrogen) atoms. The van der Waals surface area contributed by atoms with Gasteiger partial charge in [-0.1, -0.05) is 24.3 Å². The predicted octanol–water partition coefficient (Wildman–Crippen LogP) is 2.63. The smallest absolute Gasteiger partial charge is 0.339 e. The van der Waals surface area contributed by atoms with Crippen molar-refractivity contribution in [3.63, 3.8) is 0 Å². The largest absolute Gasteiger partial charge is 0.465 e. The number of anilines is 1. The van der Waals surface area contributed by atoms with E-state index in [4.69, 9.17) is 0 Å². The van der Waals surface area contributed by atoms with Crippen molar-refractivity contribution >= 4 is 23.3 Å². The zero-order chi connectivity index (χ0) is 16.1. The molecule has 112 valence electrons. The maximum absolute atomic E-state index is 12.2. The molecule has 2 rings (SSSR count). The van der Waals surface area contributed by atoms with Gasteiger partial charge < -0.3 is 10.1 Å². The highest BCUT2D eigenvalue weighted by molar-refractivity contribution is 6.09. The minimum atomic E-state index is -0.677. The molecule has 0 aliphatic rings. The summed E-state index contributed by atoms with van der Waals surface area (Å²) in [6.45, 7) is 0. The van der Waals surface area contributed by atoms with Gasteiger partial charge in [-0.25, -0.2) is 4.79 Å². The van der Waals surface area contributed by atoms with Gasteiger partial charge in [-0.3, -0.25) is 14.9 Å². The summed E-state index contributed by atoms with van der Waals surface area (Å²) in [5.74, 6) is -1.29. The Bertz CT molecular complexity index is 742. The van der Waals surface area contributed by atoms with Gasteiger partial charge in [-0.05, 0) is 18.2 Å². The number of nitrogens with one attached hydrogen (secondary N) is 1. The van der Waals surface area contributed by atoms with Crippen LogP contribution < -0.4 is 5.32 Å². The summed E-state index contributed by atoms with van der Waals surface area (Å²) in [4.78, 5) is 34.2. The second-order valence-corrected chi connectivity index (χ2v) is 4.27. The first kappa shape index (κ1) is 15.2. The summed E-state index contributed by atoms with van der Waals surface area (Å²) in [7, 11) is 1.23. The zero-order valence-electron chi connectivity index (χ0n) is 11.6. The number of nitro groups is 1. The number of para-hydroxylation sites is 2. The number of methoxy groups -OCH3 is 1. The lowest BCUT2D eigenvalue weighted by atomic mass is 10.1. The first-order chi connectivity index (χ1) is 10.5. The van der Waals surface area contributed by atoms with Crippen molar-refractivity contribution in [1.29, 1.82) is 0 Å². The SMILES string of the molecule is COC(=O)c1ccccc1NC(=O)c1ccccc1[N+](=O)[O-]. The Hall–Kier alpha value is -3.22. The molecule has 0 aromatic heterocycles. The van der Waals surface area contributed by atoms with E-state index >= 15 is 0 Å². The van der Waals surface area contributed by atoms with E-state index in [9.17, 15) is 19.7 Å². The van der Waals surface area contributed by atoms with Crippen LogP contribution in [0.3, 0.4) is 0 Å². The highest BCUT2D eigenvalue weighted by Gasteiger charge is 2.21. The Kier molecular flexibility index (Phi) is 4.47. The Morgan fingerprint density at radius 1 is 1.05 bits per heavy atom. The molecule has 0 aliphatic carbocycles. The van der Waals surface area contributed by atoms with Crippen molar-refractivity contribution in [3.8, 4) is 0 Å². The van der Waals surface area contributed by atoms with Gasteiger partial charge in [0.1, 0.15) is 5.56 Å².